The van der Waals surface area contributed by atoms with Crippen LogP contribution < -0.4 is 14.8 Å². The van der Waals surface area contributed by atoms with Gasteiger partial charge in [-0.2, -0.15) is 13.2 Å². The summed E-state index contributed by atoms with van der Waals surface area (Å²) < 4.78 is 72.4. The zero-order chi connectivity index (χ0) is 27.1. The molecule has 0 spiro atoms. The second-order valence-corrected chi connectivity index (χ2v) is 9.89. The third kappa shape index (κ3) is 7.96. The van der Waals surface area contributed by atoms with Crippen LogP contribution in [-0.4, -0.2) is 38.8 Å². The molecule has 198 valence electrons. The minimum absolute atomic E-state index is 0.0331. The first-order chi connectivity index (χ1) is 17.5. The van der Waals surface area contributed by atoms with Crippen LogP contribution in [0.2, 0.25) is 0 Å². The summed E-state index contributed by atoms with van der Waals surface area (Å²) in [5.74, 6) is -1.38. The molecular weight excluding hydrogens is 509 g/mol. The lowest BCUT2D eigenvalue weighted by Gasteiger charge is -2.17. The highest BCUT2D eigenvalue weighted by Crippen LogP contribution is 2.31. The highest BCUT2D eigenvalue weighted by molar-refractivity contribution is 7.92. The molecule has 7 nitrogen and oxygen atoms in total. The molecule has 0 aromatic heterocycles. The maximum absolute atomic E-state index is 13.1. The maximum Gasteiger partial charge on any atom is 0.393 e. The molecule has 0 heterocycles. The number of benzene rings is 3. The fourth-order valence-corrected chi connectivity index (χ4v) is 4.75. The standard InChI is InChI=1S/C26H27F3N2O5S/c1-2-13-36-23-15-20(30-25(33)22(17-32)19-8-4-3-5-9-19)11-12-24(23)37(34,35)31-21-10-6-7-18(14-21)16-26(27,28)29/h3-12,14-15,22,31-32H,2,13,16-17H2,1H3,(H,30,33)/t22-/m0/s1. The summed E-state index contributed by atoms with van der Waals surface area (Å²) in [6.45, 7) is 1.58. The van der Waals surface area contributed by atoms with Gasteiger partial charge in [-0.1, -0.05) is 49.4 Å². The van der Waals surface area contributed by atoms with Gasteiger partial charge in [-0.15, -0.1) is 0 Å². The molecule has 0 fully saturated rings. The first-order valence-corrected chi connectivity index (χ1v) is 12.9. The van der Waals surface area contributed by atoms with Crippen LogP contribution in [0.4, 0.5) is 24.5 Å². The monoisotopic (exact) mass is 536 g/mol. The Labute approximate surface area is 213 Å². The number of halogens is 3. The van der Waals surface area contributed by atoms with Crippen LogP contribution in [-0.2, 0) is 21.2 Å². The van der Waals surface area contributed by atoms with Crippen LogP contribution in [0.3, 0.4) is 0 Å². The molecule has 0 aliphatic rings. The van der Waals surface area contributed by atoms with Gasteiger partial charge >= 0.3 is 6.18 Å². The number of amides is 1. The maximum atomic E-state index is 13.1. The lowest BCUT2D eigenvalue weighted by molar-refractivity contribution is -0.127. The molecule has 0 aliphatic heterocycles. The van der Waals surface area contributed by atoms with E-state index in [4.69, 9.17) is 4.74 Å². The van der Waals surface area contributed by atoms with Crippen molar-refractivity contribution in [2.75, 3.05) is 23.3 Å². The number of hydrogen-bond acceptors (Lipinski definition) is 5. The molecule has 0 aliphatic carbocycles. The molecule has 0 radical (unpaired) electrons. The number of aliphatic hydroxyl groups excluding tert-OH is 1. The van der Waals surface area contributed by atoms with Crippen LogP contribution in [0.1, 0.15) is 30.4 Å². The molecule has 3 N–H and O–H groups in total. The number of sulfonamides is 1. The predicted molar refractivity (Wildman–Crippen MR) is 134 cm³/mol. The Morgan fingerprint density at radius 2 is 1.73 bits per heavy atom. The van der Waals surface area contributed by atoms with E-state index in [1.807, 2.05) is 6.92 Å². The number of rotatable bonds is 11. The highest BCUT2D eigenvalue weighted by Gasteiger charge is 2.28. The summed E-state index contributed by atoms with van der Waals surface area (Å²) in [5.41, 5.74) is 0.733. The van der Waals surface area contributed by atoms with Gasteiger partial charge in [-0.05, 0) is 41.8 Å². The van der Waals surface area contributed by atoms with E-state index in [0.29, 0.717) is 12.0 Å². The van der Waals surface area contributed by atoms with Crippen molar-refractivity contribution in [1.29, 1.82) is 0 Å². The number of nitrogens with one attached hydrogen (secondary N) is 2. The van der Waals surface area contributed by atoms with Gasteiger partial charge in [0.05, 0.1) is 25.6 Å². The average Bonchev–Trinajstić information content (AvgIpc) is 2.82. The predicted octanol–water partition coefficient (Wildman–Crippen LogP) is 5.10. The van der Waals surface area contributed by atoms with Crippen molar-refractivity contribution < 1.29 is 36.2 Å². The van der Waals surface area contributed by atoms with Crippen molar-refractivity contribution in [3.63, 3.8) is 0 Å². The molecular formula is C26H27F3N2O5S. The minimum Gasteiger partial charge on any atom is -0.492 e. The molecule has 3 aromatic carbocycles. The number of carbonyl (C=O) groups is 1. The van der Waals surface area contributed by atoms with Crippen molar-refractivity contribution in [2.24, 2.45) is 0 Å². The third-order valence-corrected chi connectivity index (χ3v) is 6.67. The fraction of sp³-hybridized carbons (Fsp3) is 0.269. The molecule has 0 unspecified atom stereocenters. The first-order valence-electron chi connectivity index (χ1n) is 11.4. The Bertz CT molecular complexity index is 1320. The van der Waals surface area contributed by atoms with Gasteiger partial charge in [0, 0.05) is 17.4 Å². The zero-order valence-corrected chi connectivity index (χ0v) is 20.8. The minimum atomic E-state index is -4.44. The summed E-state index contributed by atoms with van der Waals surface area (Å²) in [7, 11) is -4.25. The van der Waals surface area contributed by atoms with E-state index in [0.717, 1.165) is 6.07 Å². The Morgan fingerprint density at radius 1 is 1.00 bits per heavy atom. The SMILES string of the molecule is CCCOc1cc(NC(=O)[C@@H](CO)c2ccccc2)ccc1S(=O)(=O)Nc1cccc(CC(F)(F)F)c1. The van der Waals surface area contributed by atoms with Crippen LogP contribution in [0.15, 0.2) is 77.7 Å². The number of alkyl halides is 3. The smallest absolute Gasteiger partial charge is 0.393 e. The van der Waals surface area contributed by atoms with Gasteiger partial charge < -0.3 is 15.2 Å². The fourth-order valence-electron chi connectivity index (χ4n) is 3.57. The summed E-state index contributed by atoms with van der Waals surface area (Å²) >= 11 is 0. The van der Waals surface area contributed by atoms with Crippen molar-refractivity contribution >= 4 is 27.3 Å². The van der Waals surface area contributed by atoms with Crippen molar-refractivity contribution in [1.82, 2.24) is 0 Å². The largest absolute Gasteiger partial charge is 0.492 e. The van der Waals surface area contributed by atoms with E-state index < -0.39 is 41.1 Å². The van der Waals surface area contributed by atoms with Crippen LogP contribution >= 0.6 is 0 Å². The topological polar surface area (TPSA) is 105 Å². The Hall–Kier alpha value is -3.57. The second-order valence-electron chi connectivity index (χ2n) is 8.24. The van der Waals surface area contributed by atoms with E-state index in [1.54, 1.807) is 30.3 Å². The van der Waals surface area contributed by atoms with E-state index in [9.17, 15) is 31.5 Å². The number of hydrogen-bond donors (Lipinski definition) is 3. The normalized spacial score (nSPS) is 12.6. The Balaban J connectivity index is 1.86. The molecule has 0 saturated carbocycles. The van der Waals surface area contributed by atoms with Crippen molar-refractivity contribution in [2.45, 2.75) is 36.8 Å². The number of anilines is 2. The average molecular weight is 537 g/mol. The van der Waals surface area contributed by atoms with Gasteiger partial charge in [0.2, 0.25) is 5.91 Å². The van der Waals surface area contributed by atoms with Gasteiger partial charge in [-0.3, -0.25) is 9.52 Å². The van der Waals surface area contributed by atoms with Crippen molar-refractivity contribution in [3.05, 3.63) is 83.9 Å². The summed E-state index contributed by atoms with van der Waals surface area (Å²) in [4.78, 5) is 12.6. The molecule has 3 rings (SSSR count). The van der Waals surface area contributed by atoms with Crippen molar-refractivity contribution in [3.8, 4) is 5.75 Å². The summed E-state index contributed by atoms with van der Waals surface area (Å²) in [5, 5.41) is 12.4. The lowest BCUT2D eigenvalue weighted by Crippen LogP contribution is -2.24. The molecule has 0 bridgehead atoms. The quantitative estimate of drug-likeness (QED) is 0.317. The molecule has 11 heteroatoms. The first kappa shape index (κ1) is 28.0. The lowest BCUT2D eigenvalue weighted by atomic mass is 9.99. The summed E-state index contributed by atoms with van der Waals surface area (Å²) in [6, 6.07) is 17.7. The van der Waals surface area contributed by atoms with Crippen LogP contribution in [0.25, 0.3) is 0 Å². The molecule has 1 atom stereocenters. The van der Waals surface area contributed by atoms with Gasteiger partial charge in [0.25, 0.3) is 10.0 Å². The molecule has 0 saturated heterocycles. The Kier molecular flexibility index (Phi) is 9.17. The van der Waals surface area contributed by atoms with E-state index >= 15 is 0 Å². The summed E-state index contributed by atoms with van der Waals surface area (Å²) in [6.07, 6.45) is -5.06. The van der Waals surface area contributed by atoms with Gasteiger partial charge in [0.1, 0.15) is 10.6 Å². The van der Waals surface area contributed by atoms with E-state index in [1.165, 1.54) is 36.4 Å². The van der Waals surface area contributed by atoms with Gasteiger partial charge in [-0.25, -0.2) is 8.42 Å². The third-order valence-electron chi connectivity index (χ3n) is 5.25. The number of ether oxygens (including phenoxy) is 1. The molecule has 1 amide bonds. The Morgan fingerprint density at radius 3 is 2.38 bits per heavy atom. The molecule has 37 heavy (non-hydrogen) atoms. The number of aliphatic hydroxyl groups is 1. The second kappa shape index (κ2) is 12.1. The van der Waals surface area contributed by atoms with Crippen LogP contribution in [0.5, 0.6) is 5.75 Å². The molecule has 3 aromatic rings. The highest BCUT2D eigenvalue weighted by atomic mass is 32.2. The number of carbonyl (C=O) groups excluding carboxylic acids is 1. The van der Waals surface area contributed by atoms with E-state index in [-0.39, 0.29) is 34.2 Å². The van der Waals surface area contributed by atoms with Gasteiger partial charge in [0.15, 0.2) is 0 Å². The van der Waals surface area contributed by atoms with E-state index in [2.05, 4.69) is 10.0 Å². The van der Waals surface area contributed by atoms with Crippen LogP contribution in [0, 0.1) is 0 Å². The zero-order valence-electron chi connectivity index (χ0n) is 20.0.